The van der Waals surface area contributed by atoms with Crippen LogP contribution in [-0.4, -0.2) is 40.8 Å². The zero-order valence-corrected chi connectivity index (χ0v) is 31.1. The second kappa shape index (κ2) is 12.7. The van der Waals surface area contributed by atoms with E-state index >= 15 is 0 Å². The Labute approximate surface area is 321 Å². The van der Waals surface area contributed by atoms with E-state index in [4.69, 9.17) is 56.8 Å². The van der Waals surface area contributed by atoms with Gasteiger partial charge in [-0.05, 0) is 145 Å². The Hall–Kier alpha value is -6.22. The van der Waals surface area contributed by atoms with Crippen LogP contribution in [0.1, 0.15) is 0 Å². The Morgan fingerprint density at radius 3 is 0.875 bits per heavy atom. The van der Waals surface area contributed by atoms with E-state index in [1.807, 2.05) is 36.4 Å². The van der Waals surface area contributed by atoms with Gasteiger partial charge >= 0.3 is 0 Å². The summed E-state index contributed by atoms with van der Waals surface area (Å²) in [6.07, 6.45) is 0. The largest absolute Gasteiger partial charge is 0.454 e. The van der Waals surface area contributed by atoms with Crippen molar-refractivity contribution in [3.05, 3.63) is 97.1 Å². The van der Waals surface area contributed by atoms with Crippen molar-refractivity contribution in [3.8, 4) is 80.1 Å². The maximum atomic E-state index is 6.46. The Kier molecular flexibility index (Phi) is 7.25. The molecule has 0 unspecified atom stereocenters. The summed E-state index contributed by atoms with van der Waals surface area (Å²) in [5.74, 6) is 8.05. The first-order valence-corrected chi connectivity index (χ1v) is 20.5. The van der Waals surface area contributed by atoms with Gasteiger partial charge in [0.25, 0.3) is 0 Å². The van der Waals surface area contributed by atoms with E-state index in [2.05, 4.69) is 60.7 Å². The molecular weight excluding hydrogens is 758 g/mol. The molecule has 0 N–H and O–H groups in total. The Bertz CT molecular complexity index is 2320. The van der Waals surface area contributed by atoms with E-state index < -0.39 is 15.8 Å². The summed E-state index contributed by atoms with van der Waals surface area (Å²) < 4.78 is 71.8. The lowest BCUT2D eigenvalue weighted by Gasteiger charge is -2.28. The van der Waals surface area contributed by atoms with Gasteiger partial charge in [-0.25, -0.2) is 0 Å². The Morgan fingerprint density at radius 1 is 0.268 bits per heavy atom. The molecule has 0 saturated carbocycles. The first kappa shape index (κ1) is 32.1. The zero-order chi connectivity index (χ0) is 36.7. The van der Waals surface area contributed by atoms with Crippen molar-refractivity contribution in [3.63, 3.8) is 0 Å². The molecule has 0 amide bonds. The van der Waals surface area contributed by atoms with Crippen molar-refractivity contribution in [1.82, 2.24) is 0 Å². The van der Waals surface area contributed by atoms with Crippen LogP contribution in [0.15, 0.2) is 97.1 Å². The SMILES string of the molecule is c1cc2c(cc1P(c1ccc3c(c1)OCO3)c1ccc3c(c1-c1c(P(c4ccc5c(c4)OCO5)c4ccc5c(c4)OCO5)ccc4c1OCO4)OCO3)OCO2. The first-order valence-electron chi connectivity index (χ1n) is 17.8. The normalized spacial score (nSPS) is 15.7. The van der Waals surface area contributed by atoms with Crippen LogP contribution >= 0.6 is 15.8 Å². The lowest BCUT2D eigenvalue weighted by Crippen LogP contribution is -2.26. The van der Waals surface area contributed by atoms with Gasteiger partial charge in [0, 0.05) is 11.1 Å². The van der Waals surface area contributed by atoms with E-state index in [0.29, 0.717) is 69.0 Å². The molecule has 0 bridgehead atoms. The number of fused-ring (bicyclic) bond motifs is 6. The third kappa shape index (κ3) is 5.06. The van der Waals surface area contributed by atoms with Gasteiger partial charge in [-0.15, -0.1) is 0 Å². The maximum Gasteiger partial charge on any atom is 0.231 e. The highest BCUT2D eigenvalue weighted by atomic mass is 31.1. The minimum absolute atomic E-state index is 0.0680. The fourth-order valence-electron chi connectivity index (χ4n) is 7.73. The molecule has 6 aliphatic rings. The van der Waals surface area contributed by atoms with Gasteiger partial charge in [-0.2, -0.15) is 0 Å². The van der Waals surface area contributed by atoms with Gasteiger partial charge < -0.3 is 56.8 Å². The summed E-state index contributed by atoms with van der Waals surface area (Å²) in [5, 5.41) is 6.12. The monoisotopic (exact) mass is 786 g/mol. The quantitative estimate of drug-likeness (QED) is 0.198. The van der Waals surface area contributed by atoms with E-state index in [1.165, 1.54) is 0 Å². The third-order valence-corrected chi connectivity index (χ3v) is 15.1. The molecule has 12 nitrogen and oxygen atoms in total. The predicted octanol–water partition coefficient (Wildman–Crippen LogP) is 5.24. The van der Waals surface area contributed by atoms with E-state index in [1.54, 1.807) is 0 Å². The van der Waals surface area contributed by atoms with Gasteiger partial charge in [0.15, 0.2) is 69.0 Å². The molecule has 0 fully saturated rings. The predicted molar refractivity (Wildman–Crippen MR) is 206 cm³/mol. The minimum Gasteiger partial charge on any atom is -0.454 e. The standard InChI is InChI=1S/C42H28O12P2/c1-5-27-33(49-17-43-27)13-23(1)55(24-2-6-28-34(14-24)50-18-44-28)37-11-9-31-41(53-21-47-31)39(37)40-38(12-10-32-42(40)54-22-48-32)56(25-3-7-29-35(15-25)51-19-45-29)26-4-8-30-36(16-26)52-20-46-30/h1-16H,17-22H2. The minimum atomic E-state index is -1.33. The van der Waals surface area contributed by atoms with Crippen LogP contribution in [0.4, 0.5) is 0 Å². The highest BCUT2D eigenvalue weighted by molar-refractivity contribution is 7.80. The molecular formula is C42H28O12P2. The van der Waals surface area contributed by atoms with Crippen LogP contribution in [0.25, 0.3) is 11.1 Å². The second-order valence-electron chi connectivity index (χ2n) is 13.2. The van der Waals surface area contributed by atoms with Crippen LogP contribution in [0, 0.1) is 0 Å². The van der Waals surface area contributed by atoms with Crippen molar-refractivity contribution in [2.75, 3.05) is 40.8 Å². The van der Waals surface area contributed by atoms with Crippen molar-refractivity contribution in [2.24, 2.45) is 0 Å². The number of benzene rings is 6. The second-order valence-corrected chi connectivity index (χ2v) is 17.6. The average molecular weight is 787 g/mol. The lowest BCUT2D eigenvalue weighted by molar-refractivity contribution is 0.173. The van der Waals surface area contributed by atoms with Crippen molar-refractivity contribution in [2.45, 2.75) is 0 Å². The number of rotatable bonds is 7. The number of hydrogen-bond acceptors (Lipinski definition) is 12. The molecule has 6 aromatic rings. The molecule has 0 atom stereocenters. The third-order valence-electron chi connectivity index (χ3n) is 10.2. The topological polar surface area (TPSA) is 111 Å². The fourth-order valence-corrected chi connectivity index (χ4v) is 12.6. The van der Waals surface area contributed by atoms with Crippen molar-refractivity contribution in [1.29, 1.82) is 0 Å². The van der Waals surface area contributed by atoms with E-state index in [9.17, 15) is 0 Å². The van der Waals surface area contributed by atoms with Crippen LogP contribution < -0.4 is 88.7 Å². The smallest absolute Gasteiger partial charge is 0.231 e. The van der Waals surface area contributed by atoms with E-state index in [0.717, 1.165) is 43.0 Å². The molecule has 0 saturated heterocycles. The summed E-state index contributed by atoms with van der Waals surface area (Å²) in [5.41, 5.74) is 1.68. The molecule has 12 rings (SSSR count). The summed E-state index contributed by atoms with van der Waals surface area (Å²) >= 11 is 0. The zero-order valence-electron chi connectivity index (χ0n) is 29.3. The Morgan fingerprint density at radius 2 is 0.536 bits per heavy atom. The molecule has 6 aliphatic heterocycles. The molecule has 6 aromatic carbocycles. The maximum absolute atomic E-state index is 6.46. The van der Waals surface area contributed by atoms with Crippen LogP contribution in [0.2, 0.25) is 0 Å². The van der Waals surface area contributed by atoms with Crippen LogP contribution in [0.3, 0.4) is 0 Å². The molecule has 278 valence electrons. The van der Waals surface area contributed by atoms with Gasteiger partial charge in [0.1, 0.15) is 0 Å². The Balaban J connectivity index is 1.14. The van der Waals surface area contributed by atoms with Crippen molar-refractivity contribution >= 4 is 47.7 Å². The molecule has 14 heteroatoms. The summed E-state index contributed by atoms with van der Waals surface area (Å²) in [6.45, 7) is 0.787. The van der Waals surface area contributed by atoms with Gasteiger partial charge in [0.2, 0.25) is 40.8 Å². The molecule has 0 aliphatic carbocycles. The highest BCUT2D eigenvalue weighted by Crippen LogP contribution is 2.55. The summed E-state index contributed by atoms with van der Waals surface area (Å²) in [6, 6.07) is 32.7. The number of ether oxygens (including phenoxy) is 12. The molecule has 6 heterocycles. The molecule has 0 radical (unpaired) electrons. The summed E-state index contributed by atoms with van der Waals surface area (Å²) in [7, 11) is -2.67. The van der Waals surface area contributed by atoms with Gasteiger partial charge in [-0.3, -0.25) is 0 Å². The molecule has 0 aromatic heterocycles. The van der Waals surface area contributed by atoms with E-state index in [-0.39, 0.29) is 40.8 Å². The van der Waals surface area contributed by atoms with Crippen molar-refractivity contribution < 1.29 is 56.8 Å². The fraction of sp³-hybridized carbons (Fsp3) is 0.143. The van der Waals surface area contributed by atoms with Gasteiger partial charge in [-0.1, -0.05) is 0 Å². The van der Waals surface area contributed by atoms with Crippen LogP contribution in [0.5, 0.6) is 69.0 Å². The van der Waals surface area contributed by atoms with Gasteiger partial charge in [0.05, 0.1) is 0 Å². The van der Waals surface area contributed by atoms with Crippen LogP contribution in [-0.2, 0) is 0 Å². The number of hydrogen-bond donors (Lipinski definition) is 0. The molecule has 56 heavy (non-hydrogen) atoms. The average Bonchev–Trinajstić information content (AvgIpc) is 4.09. The lowest BCUT2D eigenvalue weighted by atomic mass is 10.0. The summed E-state index contributed by atoms with van der Waals surface area (Å²) in [4.78, 5) is 0. The molecule has 0 spiro atoms. The first-order chi connectivity index (χ1) is 27.7. The highest BCUT2D eigenvalue weighted by Gasteiger charge is 2.37.